The third-order valence-electron chi connectivity index (χ3n) is 4.12. The molecule has 0 saturated heterocycles. The second-order valence-corrected chi connectivity index (χ2v) is 5.84. The zero-order valence-corrected chi connectivity index (χ0v) is 15.2. The maximum atomic E-state index is 13.9. The number of halogens is 1. The van der Waals surface area contributed by atoms with E-state index >= 15 is 0 Å². The molecule has 2 aromatic rings. The molecule has 0 aromatic heterocycles. The van der Waals surface area contributed by atoms with Gasteiger partial charge in [0, 0.05) is 5.56 Å². The summed E-state index contributed by atoms with van der Waals surface area (Å²) >= 11 is 0. The van der Waals surface area contributed by atoms with Gasteiger partial charge in [-0.05, 0) is 29.8 Å². The standard InChI is InChI=1S/C19H18FNO7/c1-25-13-4-3-10(7-12(13)20)16(19(23)24)21-18(22)11-8-14(26-2)17-15(9-11)27-5-6-28-17/h3-4,7-9,16H,5-6H2,1-2H3,(H,21,22)(H,23,24). The van der Waals surface area contributed by atoms with Crippen molar-refractivity contribution in [1.82, 2.24) is 5.32 Å². The largest absolute Gasteiger partial charge is 0.494 e. The molecule has 28 heavy (non-hydrogen) atoms. The summed E-state index contributed by atoms with van der Waals surface area (Å²) < 4.78 is 34.9. The predicted octanol–water partition coefficient (Wildman–Crippen LogP) is 2.17. The smallest absolute Gasteiger partial charge is 0.330 e. The fourth-order valence-corrected chi connectivity index (χ4v) is 2.77. The average molecular weight is 391 g/mol. The van der Waals surface area contributed by atoms with Crippen LogP contribution >= 0.6 is 0 Å². The molecule has 1 atom stereocenters. The quantitative estimate of drug-likeness (QED) is 0.778. The summed E-state index contributed by atoms with van der Waals surface area (Å²) in [6, 6.07) is 5.04. The van der Waals surface area contributed by atoms with Crippen molar-refractivity contribution in [1.29, 1.82) is 0 Å². The highest BCUT2D eigenvalue weighted by Crippen LogP contribution is 2.40. The molecule has 0 saturated carbocycles. The lowest BCUT2D eigenvalue weighted by atomic mass is 10.1. The lowest BCUT2D eigenvalue weighted by Crippen LogP contribution is -2.34. The van der Waals surface area contributed by atoms with E-state index < -0.39 is 23.7 Å². The summed E-state index contributed by atoms with van der Waals surface area (Å²) in [6.45, 7) is 0.656. The number of carboxylic acid groups (broad SMARTS) is 1. The Hall–Kier alpha value is -3.49. The Morgan fingerprint density at radius 3 is 2.46 bits per heavy atom. The van der Waals surface area contributed by atoms with Crippen LogP contribution in [-0.2, 0) is 4.79 Å². The number of amides is 1. The highest BCUT2D eigenvalue weighted by atomic mass is 19.1. The van der Waals surface area contributed by atoms with Gasteiger partial charge in [-0.15, -0.1) is 0 Å². The van der Waals surface area contributed by atoms with Crippen LogP contribution in [0.2, 0.25) is 0 Å². The number of fused-ring (bicyclic) bond motifs is 1. The number of aliphatic carboxylic acids is 1. The van der Waals surface area contributed by atoms with Crippen molar-refractivity contribution in [2.24, 2.45) is 0 Å². The first-order valence-corrected chi connectivity index (χ1v) is 8.29. The van der Waals surface area contributed by atoms with Crippen LogP contribution in [0.25, 0.3) is 0 Å². The van der Waals surface area contributed by atoms with Gasteiger partial charge in [-0.2, -0.15) is 0 Å². The molecular weight excluding hydrogens is 373 g/mol. The third kappa shape index (κ3) is 3.78. The molecular formula is C19H18FNO7. The number of carbonyl (C=O) groups is 2. The zero-order chi connectivity index (χ0) is 20.3. The van der Waals surface area contributed by atoms with Gasteiger partial charge in [-0.1, -0.05) is 6.07 Å². The highest BCUT2D eigenvalue weighted by molar-refractivity contribution is 5.98. The van der Waals surface area contributed by atoms with Crippen molar-refractivity contribution < 1.29 is 38.0 Å². The first-order chi connectivity index (χ1) is 13.4. The highest BCUT2D eigenvalue weighted by Gasteiger charge is 2.26. The molecule has 3 rings (SSSR count). The van der Waals surface area contributed by atoms with E-state index in [9.17, 15) is 19.1 Å². The number of methoxy groups -OCH3 is 2. The molecule has 148 valence electrons. The minimum absolute atomic E-state index is 0.0317. The van der Waals surface area contributed by atoms with Crippen LogP contribution in [0, 0.1) is 5.82 Å². The number of ether oxygens (including phenoxy) is 4. The molecule has 1 unspecified atom stereocenters. The Kier molecular flexibility index (Phi) is 5.53. The summed E-state index contributed by atoms with van der Waals surface area (Å²) in [4.78, 5) is 24.3. The maximum absolute atomic E-state index is 13.9. The van der Waals surface area contributed by atoms with Crippen LogP contribution in [0.4, 0.5) is 4.39 Å². The van der Waals surface area contributed by atoms with Crippen LogP contribution in [0.3, 0.4) is 0 Å². The van der Waals surface area contributed by atoms with Crippen molar-refractivity contribution in [3.05, 3.63) is 47.3 Å². The SMILES string of the molecule is COc1ccc(C(NC(=O)c2cc(OC)c3c(c2)OCCO3)C(=O)O)cc1F. The van der Waals surface area contributed by atoms with Gasteiger partial charge in [-0.3, -0.25) is 4.79 Å². The summed E-state index contributed by atoms with van der Waals surface area (Å²) in [5.74, 6) is -1.83. The van der Waals surface area contributed by atoms with E-state index in [-0.39, 0.29) is 22.6 Å². The topological polar surface area (TPSA) is 103 Å². The Morgan fingerprint density at radius 2 is 1.82 bits per heavy atom. The fraction of sp³-hybridized carbons (Fsp3) is 0.263. The summed E-state index contributed by atoms with van der Waals surface area (Å²) in [5, 5.41) is 11.9. The molecule has 1 aliphatic heterocycles. The Labute approximate surface area is 159 Å². The van der Waals surface area contributed by atoms with Gasteiger partial charge < -0.3 is 29.4 Å². The number of hydrogen-bond donors (Lipinski definition) is 2. The predicted molar refractivity (Wildman–Crippen MR) is 94.8 cm³/mol. The monoisotopic (exact) mass is 391 g/mol. The number of rotatable bonds is 6. The number of hydrogen-bond acceptors (Lipinski definition) is 6. The van der Waals surface area contributed by atoms with Crippen molar-refractivity contribution in [3.8, 4) is 23.0 Å². The van der Waals surface area contributed by atoms with E-state index in [0.717, 1.165) is 6.07 Å². The Balaban J connectivity index is 1.89. The lowest BCUT2D eigenvalue weighted by molar-refractivity contribution is -0.139. The van der Waals surface area contributed by atoms with Gasteiger partial charge in [-0.25, -0.2) is 9.18 Å². The summed E-state index contributed by atoms with van der Waals surface area (Å²) in [6.07, 6.45) is 0. The molecule has 9 heteroatoms. The van der Waals surface area contributed by atoms with Crippen LogP contribution in [-0.4, -0.2) is 44.4 Å². The van der Waals surface area contributed by atoms with Gasteiger partial charge in [0.25, 0.3) is 5.91 Å². The normalized spacial score (nSPS) is 13.4. The molecule has 1 amide bonds. The van der Waals surface area contributed by atoms with E-state index in [2.05, 4.69) is 5.32 Å². The maximum Gasteiger partial charge on any atom is 0.330 e. The molecule has 8 nitrogen and oxygen atoms in total. The van der Waals surface area contributed by atoms with Gasteiger partial charge >= 0.3 is 5.97 Å². The Bertz CT molecular complexity index is 898. The second kappa shape index (κ2) is 8.03. The number of benzene rings is 2. The van der Waals surface area contributed by atoms with E-state index in [0.29, 0.717) is 24.7 Å². The summed E-state index contributed by atoms with van der Waals surface area (Å²) in [7, 11) is 2.71. The molecule has 0 radical (unpaired) electrons. The van der Waals surface area contributed by atoms with Crippen LogP contribution < -0.4 is 24.3 Å². The van der Waals surface area contributed by atoms with E-state index in [1.54, 1.807) is 0 Å². The lowest BCUT2D eigenvalue weighted by Gasteiger charge is -2.22. The number of carboxylic acids is 1. The van der Waals surface area contributed by atoms with Gasteiger partial charge in [0.15, 0.2) is 29.1 Å². The number of carbonyl (C=O) groups excluding carboxylic acids is 1. The molecule has 2 N–H and O–H groups in total. The second-order valence-electron chi connectivity index (χ2n) is 5.84. The molecule has 1 aliphatic rings. The zero-order valence-electron chi connectivity index (χ0n) is 15.2. The third-order valence-corrected chi connectivity index (χ3v) is 4.12. The van der Waals surface area contributed by atoms with E-state index in [1.807, 2.05) is 0 Å². The van der Waals surface area contributed by atoms with Crippen LogP contribution in [0.15, 0.2) is 30.3 Å². The first kappa shape index (κ1) is 19.3. The molecule has 0 spiro atoms. The van der Waals surface area contributed by atoms with Crippen molar-refractivity contribution in [2.45, 2.75) is 6.04 Å². The van der Waals surface area contributed by atoms with Crippen molar-refractivity contribution >= 4 is 11.9 Å². The fourth-order valence-electron chi connectivity index (χ4n) is 2.77. The molecule has 2 aromatic carbocycles. The van der Waals surface area contributed by atoms with E-state index in [1.165, 1.54) is 38.5 Å². The number of nitrogens with one attached hydrogen (secondary N) is 1. The van der Waals surface area contributed by atoms with Crippen molar-refractivity contribution in [3.63, 3.8) is 0 Å². The minimum atomic E-state index is -1.47. The van der Waals surface area contributed by atoms with Crippen LogP contribution in [0.1, 0.15) is 22.0 Å². The molecule has 1 heterocycles. The van der Waals surface area contributed by atoms with Crippen LogP contribution in [0.5, 0.6) is 23.0 Å². The van der Waals surface area contributed by atoms with Gasteiger partial charge in [0.2, 0.25) is 5.75 Å². The molecule has 0 fully saturated rings. The van der Waals surface area contributed by atoms with Gasteiger partial charge in [0.05, 0.1) is 14.2 Å². The van der Waals surface area contributed by atoms with E-state index in [4.69, 9.17) is 18.9 Å². The minimum Gasteiger partial charge on any atom is -0.494 e. The van der Waals surface area contributed by atoms with Crippen molar-refractivity contribution in [2.75, 3.05) is 27.4 Å². The average Bonchev–Trinajstić information content (AvgIpc) is 2.70. The first-order valence-electron chi connectivity index (χ1n) is 8.29. The van der Waals surface area contributed by atoms with Gasteiger partial charge in [0.1, 0.15) is 13.2 Å². The summed E-state index contributed by atoms with van der Waals surface area (Å²) in [5.41, 5.74) is 0.171. The Morgan fingerprint density at radius 1 is 1.11 bits per heavy atom. The molecule has 0 bridgehead atoms. The molecule has 0 aliphatic carbocycles.